The third-order valence-corrected chi connectivity index (χ3v) is 7.21. The molecule has 0 aromatic heterocycles. The lowest BCUT2D eigenvalue weighted by Gasteiger charge is -2.19. The van der Waals surface area contributed by atoms with Crippen LogP contribution in [0.2, 0.25) is 0 Å². The molecule has 2 atom stereocenters. The van der Waals surface area contributed by atoms with Gasteiger partial charge in [0.05, 0.1) is 17.7 Å². The van der Waals surface area contributed by atoms with Gasteiger partial charge >= 0.3 is 0 Å². The third-order valence-electron chi connectivity index (χ3n) is 7.21. The van der Waals surface area contributed by atoms with Crippen LogP contribution >= 0.6 is 0 Å². The van der Waals surface area contributed by atoms with E-state index in [4.69, 9.17) is 0 Å². The average molecular weight is 509 g/mol. The fourth-order valence-corrected chi connectivity index (χ4v) is 5.14. The average Bonchev–Trinajstić information content (AvgIpc) is 3.25. The van der Waals surface area contributed by atoms with Gasteiger partial charge in [-0.1, -0.05) is 84.9 Å². The van der Waals surface area contributed by atoms with Gasteiger partial charge < -0.3 is 15.7 Å². The molecule has 5 heteroatoms. The number of rotatable bonds is 10. The first-order chi connectivity index (χ1) is 18.6. The van der Waals surface area contributed by atoms with E-state index in [1.165, 1.54) is 17.7 Å². The van der Waals surface area contributed by atoms with Crippen LogP contribution in [0.4, 0.5) is 4.39 Å². The Morgan fingerprint density at radius 2 is 1.61 bits per heavy atom. The molecule has 0 aliphatic heterocycles. The third kappa shape index (κ3) is 6.18. The van der Waals surface area contributed by atoms with E-state index in [-0.39, 0.29) is 5.56 Å². The highest BCUT2D eigenvalue weighted by Gasteiger charge is 2.33. The van der Waals surface area contributed by atoms with E-state index < -0.39 is 23.9 Å². The van der Waals surface area contributed by atoms with Crippen LogP contribution in [0.5, 0.6) is 0 Å². The minimum Gasteiger partial charge on any atom is -0.390 e. The second-order valence-corrected chi connectivity index (χ2v) is 9.94. The van der Waals surface area contributed by atoms with Gasteiger partial charge in [0.1, 0.15) is 5.82 Å². The van der Waals surface area contributed by atoms with E-state index >= 15 is 0 Å². The number of aliphatic hydroxyl groups is 1. The number of carbonyl (C=O) groups is 1. The highest BCUT2D eigenvalue weighted by atomic mass is 19.1. The maximum atomic E-state index is 14.9. The standard InChI is InChI=1S/C33H33FN2O2/c34-30-20-26(25-12-5-2-6-13-25)16-17-28(30)33(38)36-32-29-19-24(14-15-27(29)21-31(32)37)22-35-18-8-7-11-23-9-3-1-4-10-23/h1-6,9-10,12-17,19-20,31-32,35,37H,7-8,11,18,21-22H2,(H,36,38)/t31-,32-/m1/s1. The van der Waals surface area contributed by atoms with E-state index in [0.29, 0.717) is 18.5 Å². The maximum Gasteiger partial charge on any atom is 0.254 e. The van der Waals surface area contributed by atoms with Crippen molar-refractivity contribution >= 4 is 5.91 Å². The highest BCUT2D eigenvalue weighted by Crippen LogP contribution is 2.33. The van der Waals surface area contributed by atoms with Crippen LogP contribution in [0.15, 0.2) is 97.1 Å². The molecule has 1 aliphatic rings. The van der Waals surface area contributed by atoms with Crippen molar-refractivity contribution in [1.82, 2.24) is 10.6 Å². The van der Waals surface area contributed by atoms with Gasteiger partial charge in [0.15, 0.2) is 0 Å². The predicted molar refractivity (Wildman–Crippen MR) is 149 cm³/mol. The fraction of sp³-hybridized carbons (Fsp3) is 0.242. The van der Waals surface area contributed by atoms with E-state index in [0.717, 1.165) is 48.1 Å². The molecule has 0 saturated carbocycles. The lowest BCUT2D eigenvalue weighted by atomic mass is 10.0. The van der Waals surface area contributed by atoms with Crippen molar-refractivity contribution in [1.29, 1.82) is 0 Å². The molecular formula is C33H33FN2O2. The Morgan fingerprint density at radius 3 is 2.37 bits per heavy atom. The molecule has 4 aromatic rings. The van der Waals surface area contributed by atoms with Crippen molar-refractivity contribution in [2.75, 3.05) is 6.54 Å². The summed E-state index contributed by atoms with van der Waals surface area (Å²) in [4.78, 5) is 13.0. The molecule has 0 unspecified atom stereocenters. The normalized spacial score (nSPS) is 16.3. The van der Waals surface area contributed by atoms with E-state index in [2.05, 4.69) is 41.0 Å². The van der Waals surface area contributed by atoms with Gasteiger partial charge in [-0.15, -0.1) is 0 Å². The van der Waals surface area contributed by atoms with Crippen LogP contribution in [0.1, 0.15) is 51.5 Å². The number of benzene rings is 4. The molecule has 1 aliphatic carbocycles. The quantitative estimate of drug-likeness (QED) is 0.231. The van der Waals surface area contributed by atoms with Gasteiger partial charge in [-0.05, 0) is 71.3 Å². The molecule has 1 amide bonds. The SMILES string of the molecule is O=C(N[C@@H]1c2cc(CNCCCCc3ccccc3)ccc2C[C@H]1O)c1ccc(-c2ccccc2)cc1F. The largest absolute Gasteiger partial charge is 0.390 e. The summed E-state index contributed by atoms with van der Waals surface area (Å²) in [7, 11) is 0. The number of hydrogen-bond donors (Lipinski definition) is 3. The first kappa shape index (κ1) is 25.8. The molecule has 0 radical (unpaired) electrons. The molecule has 38 heavy (non-hydrogen) atoms. The predicted octanol–water partition coefficient (Wildman–Crippen LogP) is 5.99. The zero-order valence-corrected chi connectivity index (χ0v) is 21.4. The van der Waals surface area contributed by atoms with Gasteiger partial charge in [-0.25, -0.2) is 4.39 Å². The number of aryl methyl sites for hydroxylation is 1. The van der Waals surface area contributed by atoms with E-state index in [1.807, 2.05) is 48.5 Å². The first-order valence-corrected chi connectivity index (χ1v) is 13.3. The Hall–Kier alpha value is -3.80. The summed E-state index contributed by atoms with van der Waals surface area (Å²) < 4.78 is 14.9. The Balaban J connectivity index is 1.18. The molecule has 5 rings (SSSR count). The number of halogens is 1. The van der Waals surface area contributed by atoms with E-state index in [9.17, 15) is 14.3 Å². The van der Waals surface area contributed by atoms with Gasteiger partial charge in [0.25, 0.3) is 5.91 Å². The topological polar surface area (TPSA) is 61.4 Å². The number of amides is 1. The number of nitrogens with one attached hydrogen (secondary N) is 2. The monoisotopic (exact) mass is 508 g/mol. The van der Waals surface area contributed by atoms with Crippen LogP contribution in [-0.4, -0.2) is 23.7 Å². The van der Waals surface area contributed by atoms with Crippen molar-refractivity contribution in [2.45, 2.75) is 44.4 Å². The molecule has 0 heterocycles. The molecule has 0 fully saturated rings. The second kappa shape index (κ2) is 12.2. The van der Waals surface area contributed by atoms with Crippen LogP contribution in [-0.2, 0) is 19.4 Å². The molecule has 0 bridgehead atoms. The molecule has 4 nitrogen and oxygen atoms in total. The smallest absolute Gasteiger partial charge is 0.254 e. The summed E-state index contributed by atoms with van der Waals surface area (Å²) in [6, 6.07) is 30.2. The van der Waals surface area contributed by atoms with Gasteiger partial charge in [-0.2, -0.15) is 0 Å². The minimum atomic E-state index is -0.748. The lowest BCUT2D eigenvalue weighted by Crippen LogP contribution is -2.34. The van der Waals surface area contributed by atoms with Crippen molar-refractivity contribution in [2.24, 2.45) is 0 Å². The van der Waals surface area contributed by atoms with Crippen molar-refractivity contribution in [3.05, 3.63) is 131 Å². The summed E-state index contributed by atoms with van der Waals surface area (Å²) >= 11 is 0. The van der Waals surface area contributed by atoms with E-state index in [1.54, 1.807) is 6.07 Å². The lowest BCUT2D eigenvalue weighted by molar-refractivity contribution is 0.0854. The Morgan fingerprint density at radius 1 is 0.842 bits per heavy atom. The zero-order chi connectivity index (χ0) is 26.3. The molecule has 0 spiro atoms. The molecule has 194 valence electrons. The van der Waals surface area contributed by atoms with Gasteiger partial charge in [-0.3, -0.25) is 4.79 Å². The van der Waals surface area contributed by atoms with Gasteiger partial charge in [0.2, 0.25) is 0 Å². The highest BCUT2D eigenvalue weighted by molar-refractivity contribution is 5.95. The molecule has 4 aromatic carbocycles. The van der Waals surface area contributed by atoms with Crippen molar-refractivity contribution in [3.8, 4) is 11.1 Å². The fourth-order valence-electron chi connectivity index (χ4n) is 5.14. The molecular weight excluding hydrogens is 475 g/mol. The summed E-state index contributed by atoms with van der Waals surface area (Å²) in [6.07, 6.45) is 3.01. The summed E-state index contributed by atoms with van der Waals surface area (Å²) in [6.45, 7) is 1.63. The van der Waals surface area contributed by atoms with Crippen LogP contribution in [0.25, 0.3) is 11.1 Å². The summed E-state index contributed by atoms with van der Waals surface area (Å²) in [5.41, 5.74) is 5.94. The maximum absolute atomic E-state index is 14.9. The number of carbonyl (C=O) groups excluding carboxylic acids is 1. The molecule has 0 saturated heterocycles. The minimum absolute atomic E-state index is 0.0290. The Bertz CT molecular complexity index is 1370. The number of fused-ring (bicyclic) bond motifs is 1. The van der Waals surface area contributed by atoms with Crippen LogP contribution in [0.3, 0.4) is 0 Å². The molecule has 3 N–H and O–H groups in total. The van der Waals surface area contributed by atoms with Crippen LogP contribution < -0.4 is 10.6 Å². The van der Waals surface area contributed by atoms with Crippen molar-refractivity contribution < 1.29 is 14.3 Å². The first-order valence-electron chi connectivity index (χ1n) is 13.3. The Kier molecular flexibility index (Phi) is 8.27. The summed E-state index contributed by atoms with van der Waals surface area (Å²) in [5, 5.41) is 17.1. The zero-order valence-electron chi connectivity index (χ0n) is 21.4. The number of unbranched alkanes of at least 4 members (excludes halogenated alkanes) is 1. The van der Waals surface area contributed by atoms with Crippen molar-refractivity contribution in [3.63, 3.8) is 0 Å². The van der Waals surface area contributed by atoms with Gasteiger partial charge in [0, 0.05) is 13.0 Å². The second-order valence-electron chi connectivity index (χ2n) is 9.94. The Labute approximate surface area is 223 Å². The van der Waals surface area contributed by atoms with Crippen LogP contribution in [0, 0.1) is 5.82 Å². The number of aliphatic hydroxyl groups excluding tert-OH is 1. The number of hydrogen-bond acceptors (Lipinski definition) is 3. The summed E-state index contributed by atoms with van der Waals surface area (Å²) in [5.74, 6) is -1.11.